The van der Waals surface area contributed by atoms with Crippen LogP contribution in [0.2, 0.25) is 0 Å². The third kappa shape index (κ3) is 3.98. The lowest BCUT2D eigenvalue weighted by molar-refractivity contribution is -0.661. The van der Waals surface area contributed by atoms with Crippen molar-refractivity contribution >= 4 is 11.6 Å². The lowest BCUT2D eigenvalue weighted by Crippen LogP contribution is -2.84. The van der Waals surface area contributed by atoms with Crippen molar-refractivity contribution in [3.8, 4) is 6.07 Å². The minimum Gasteiger partial charge on any atom is -0.463 e. The van der Waals surface area contributed by atoms with E-state index in [-0.39, 0.29) is 5.91 Å². The Hall–Kier alpha value is -2.58. The van der Waals surface area contributed by atoms with Crippen LogP contribution in [0.3, 0.4) is 0 Å². The lowest BCUT2D eigenvalue weighted by Gasteiger charge is -2.04. The van der Waals surface area contributed by atoms with Crippen molar-refractivity contribution in [3.63, 3.8) is 0 Å². The van der Waals surface area contributed by atoms with Gasteiger partial charge in [0.1, 0.15) is 6.54 Å². The standard InChI is InChI=1S/C14H13N3O2/c15-8-11-3-1-4-12(7-11)17-14(18)10-16-9-13-5-2-6-19-13/h1-7,16H,9-10H2,(H,17,18)/p+1. The molecule has 0 saturated carbocycles. The largest absolute Gasteiger partial charge is 0.463 e. The second-order valence-corrected chi connectivity index (χ2v) is 4.02. The number of furan rings is 1. The van der Waals surface area contributed by atoms with Crippen LogP contribution in [0, 0.1) is 11.3 Å². The molecular formula is C14H14N3O2+. The van der Waals surface area contributed by atoms with Crippen molar-refractivity contribution in [2.24, 2.45) is 0 Å². The molecule has 19 heavy (non-hydrogen) atoms. The molecule has 0 fully saturated rings. The van der Waals surface area contributed by atoms with Gasteiger partial charge in [0.25, 0.3) is 5.91 Å². The van der Waals surface area contributed by atoms with E-state index in [2.05, 4.69) is 5.32 Å². The zero-order chi connectivity index (χ0) is 13.5. The lowest BCUT2D eigenvalue weighted by atomic mass is 10.2. The quantitative estimate of drug-likeness (QED) is 0.832. The molecule has 1 aromatic heterocycles. The second kappa shape index (κ2) is 6.38. The molecule has 5 heteroatoms. The normalized spacial score (nSPS) is 9.84. The third-order valence-corrected chi connectivity index (χ3v) is 2.53. The van der Waals surface area contributed by atoms with Crippen LogP contribution in [0.1, 0.15) is 11.3 Å². The van der Waals surface area contributed by atoms with E-state index in [4.69, 9.17) is 9.68 Å². The Balaban J connectivity index is 1.79. The smallest absolute Gasteiger partial charge is 0.279 e. The Bertz CT molecular complexity index is 585. The maximum absolute atomic E-state index is 11.7. The van der Waals surface area contributed by atoms with Gasteiger partial charge in [-0.25, -0.2) is 0 Å². The number of anilines is 1. The molecule has 1 aromatic carbocycles. The summed E-state index contributed by atoms with van der Waals surface area (Å²) >= 11 is 0. The predicted octanol–water partition coefficient (Wildman–Crippen LogP) is 0.853. The van der Waals surface area contributed by atoms with E-state index in [1.807, 2.05) is 23.5 Å². The first-order valence-electron chi connectivity index (χ1n) is 5.92. The van der Waals surface area contributed by atoms with Gasteiger partial charge in [-0.3, -0.25) is 4.79 Å². The van der Waals surface area contributed by atoms with E-state index in [0.29, 0.717) is 24.3 Å². The minimum atomic E-state index is -0.110. The molecule has 0 bridgehead atoms. The van der Waals surface area contributed by atoms with Crippen molar-refractivity contribution in [2.75, 3.05) is 11.9 Å². The number of carbonyl (C=O) groups excluding carboxylic acids is 1. The summed E-state index contributed by atoms with van der Waals surface area (Å²) in [7, 11) is 0. The number of nitriles is 1. The summed E-state index contributed by atoms with van der Waals surface area (Å²) in [5, 5.41) is 13.4. The number of amides is 1. The highest BCUT2D eigenvalue weighted by Crippen LogP contribution is 2.08. The fraction of sp³-hybridized carbons (Fsp3) is 0.143. The van der Waals surface area contributed by atoms with Crippen LogP contribution in [0.25, 0.3) is 0 Å². The maximum atomic E-state index is 11.7. The van der Waals surface area contributed by atoms with Gasteiger partial charge in [-0.05, 0) is 30.3 Å². The SMILES string of the molecule is N#Cc1cccc(NC(=O)C[NH2+]Cc2ccco2)c1. The summed E-state index contributed by atoms with van der Waals surface area (Å²) < 4.78 is 5.16. The van der Waals surface area contributed by atoms with E-state index in [9.17, 15) is 4.79 Å². The number of benzene rings is 1. The fourth-order valence-electron chi connectivity index (χ4n) is 1.65. The number of quaternary nitrogens is 1. The first-order valence-corrected chi connectivity index (χ1v) is 5.92. The summed E-state index contributed by atoms with van der Waals surface area (Å²) in [6.07, 6.45) is 1.61. The summed E-state index contributed by atoms with van der Waals surface area (Å²) in [6.45, 7) is 0.927. The van der Waals surface area contributed by atoms with Gasteiger partial charge in [0.05, 0.1) is 17.9 Å². The first-order chi connectivity index (χ1) is 9.28. The Labute approximate surface area is 110 Å². The highest BCUT2D eigenvalue weighted by molar-refractivity contribution is 5.91. The van der Waals surface area contributed by atoms with Gasteiger partial charge >= 0.3 is 0 Å². The first kappa shape index (κ1) is 12.9. The number of nitrogens with two attached hydrogens (primary N) is 1. The van der Waals surface area contributed by atoms with Crippen molar-refractivity contribution in [2.45, 2.75) is 6.54 Å². The molecule has 0 unspecified atom stereocenters. The van der Waals surface area contributed by atoms with Crippen molar-refractivity contribution < 1.29 is 14.5 Å². The monoisotopic (exact) mass is 256 g/mol. The van der Waals surface area contributed by atoms with Gasteiger partial charge in [-0.15, -0.1) is 0 Å². The number of carbonyl (C=O) groups is 1. The second-order valence-electron chi connectivity index (χ2n) is 4.02. The molecule has 1 amide bonds. The number of hydrogen-bond acceptors (Lipinski definition) is 3. The number of nitrogens with one attached hydrogen (secondary N) is 1. The Kier molecular flexibility index (Phi) is 4.32. The van der Waals surface area contributed by atoms with Gasteiger partial charge < -0.3 is 15.1 Å². The van der Waals surface area contributed by atoms with Crippen LogP contribution >= 0.6 is 0 Å². The Morgan fingerprint density at radius 3 is 3.00 bits per heavy atom. The highest BCUT2D eigenvalue weighted by atomic mass is 16.3. The third-order valence-electron chi connectivity index (χ3n) is 2.53. The summed E-state index contributed by atoms with van der Waals surface area (Å²) in [6, 6.07) is 12.5. The molecule has 0 spiro atoms. The van der Waals surface area contributed by atoms with Crippen LogP contribution < -0.4 is 10.6 Å². The van der Waals surface area contributed by atoms with Crippen LogP contribution in [0.15, 0.2) is 47.1 Å². The van der Waals surface area contributed by atoms with Crippen LogP contribution in [-0.2, 0) is 11.3 Å². The topological polar surface area (TPSA) is 82.6 Å². The van der Waals surface area contributed by atoms with Gasteiger partial charge in [0, 0.05) is 5.69 Å². The Morgan fingerprint density at radius 2 is 2.26 bits per heavy atom. The summed E-state index contributed by atoms with van der Waals surface area (Å²) in [4.78, 5) is 11.7. The Morgan fingerprint density at radius 1 is 1.37 bits per heavy atom. The molecular weight excluding hydrogens is 242 g/mol. The molecule has 96 valence electrons. The number of rotatable bonds is 5. The zero-order valence-electron chi connectivity index (χ0n) is 10.3. The molecule has 0 atom stereocenters. The number of nitrogens with zero attached hydrogens (tertiary/aromatic N) is 1. The van der Waals surface area contributed by atoms with Crippen LogP contribution in [0.5, 0.6) is 0 Å². The maximum Gasteiger partial charge on any atom is 0.279 e. The predicted molar refractivity (Wildman–Crippen MR) is 69.0 cm³/mol. The van der Waals surface area contributed by atoms with Gasteiger partial charge in [-0.2, -0.15) is 5.26 Å². The van der Waals surface area contributed by atoms with Gasteiger partial charge in [-0.1, -0.05) is 6.07 Å². The van der Waals surface area contributed by atoms with E-state index >= 15 is 0 Å². The van der Waals surface area contributed by atoms with Crippen molar-refractivity contribution in [1.29, 1.82) is 5.26 Å². The van der Waals surface area contributed by atoms with Gasteiger partial charge in [0.2, 0.25) is 0 Å². The molecule has 1 heterocycles. The van der Waals surface area contributed by atoms with E-state index in [1.54, 1.807) is 30.5 Å². The van der Waals surface area contributed by atoms with E-state index in [1.165, 1.54) is 0 Å². The zero-order valence-corrected chi connectivity index (χ0v) is 10.3. The number of hydrogen-bond donors (Lipinski definition) is 2. The van der Waals surface area contributed by atoms with Crippen LogP contribution in [-0.4, -0.2) is 12.5 Å². The molecule has 0 aliphatic carbocycles. The van der Waals surface area contributed by atoms with Crippen molar-refractivity contribution in [1.82, 2.24) is 0 Å². The van der Waals surface area contributed by atoms with Crippen LogP contribution in [0.4, 0.5) is 5.69 Å². The highest BCUT2D eigenvalue weighted by Gasteiger charge is 2.06. The minimum absolute atomic E-state index is 0.110. The van der Waals surface area contributed by atoms with E-state index < -0.39 is 0 Å². The fourth-order valence-corrected chi connectivity index (χ4v) is 1.65. The van der Waals surface area contributed by atoms with E-state index in [0.717, 1.165) is 5.76 Å². The average molecular weight is 256 g/mol. The molecule has 0 aliphatic rings. The molecule has 5 nitrogen and oxygen atoms in total. The van der Waals surface area contributed by atoms with Gasteiger partial charge in [0.15, 0.2) is 12.3 Å². The summed E-state index contributed by atoms with van der Waals surface area (Å²) in [5.74, 6) is 0.723. The molecule has 0 radical (unpaired) electrons. The molecule has 2 rings (SSSR count). The van der Waals surface area contributed by atoms with Crippen molar-refractivity contribution in [3.05, 3.63) is 54.0 Å². The molecule has 3 N–H and O–H groups in total. The molecule has 2 aromatic rings. The molecule has 0 aliphatic heterocycles. The molecule has 0 saturated heterocycles. The summed E-state index contributed by atoms with van der Waals surface area (Å²) in [5.41, 5.74) is 1.16. The average Bonchev–Trinajstić information content (AvgIpc) is 2.92.